The first-order valence-electron chi connectivity index (χ1n) is 4.46. The summed E-state index contributed by atoms with van der Waals surface area (Å²) in [5.41, 5.74) is 1.71. The summed E-state index contributed by atoms with van der Waals surface area (Å²) in [6.45, 7) is 3.52. The zero-order valence-electron chi connectivity index (χ0n) is 7.95. The summed E-state index contributed by atoms with van der Waals surface area (Å²) in [7, 11) is 0. The van der Waals surface area contributed by atoms with Gasteiger partial charge in [-0.2, -0.15) is 0 Å². The number of carbonyl (C=O) groups excluding carboxylic acids is 1. The van der Waals surface area contributed by atoms with Gasteiger partial charge < -0.3 is 5.11 Å². The zero-order valence-corrected chi connectivity index (χ0v) is 7.95. The second kappa shape index (κ2) is 4.19. The van der Waals surface area contributed by atoms with Crippen LogP contribution in [-0.2, 0) is 6.42 Å². The summed E-state index contributed by atoms with van der Waals surface area (Å²) in [6.07, 6.45) is -0.00639. The fraction of sp³-hybridized carbons (Fsp3) is 0.364. The maximum atomic E-state index is 11.4. The van der Waals surface area contributed by atoms with Crippen molar-refractivity contribution < 1.29 is 9.90 Å². The molecule has 1 rings (SSSR count). The SMILES string of the molecule is CCc1cccc(C(=O)C(C)O)c1. The Labute approximate surface area is 78.2 Å². The predicted octanol–water partition coefficient (Wildman–Crippen LogP) is 1.81. The van der Waals surface area contributed by atoms with E-state index in [-0.39, 0.29) is 5.78 Å². The van der Waals surface area contributed by atoms with Gasteiger partial charge in [-0.1, -0.05) is 25.1 Å². The molecule has 2 heteroatoms. The topological polar surface area (TPSA) is 37.3 Å². The van der Waals surface area contributed by atoms with Gasteiger partial charge in [-0.05, 0) is 25.0 Å². The lowest BCUT2D eigenvalue weighted by Gasteiger charge is -2.04. The lowest BCUT2D eigenvalue weighted by Crippen LogP contribution is -2.16. The van der Waals surface area contributed by atoms with Gasteiger partial charge in [0.05, 0.1) is 0 Å². The molecule has 1 unspecified atom stereocenters. The Morgan fingerprint density at radius 2 is 2.23 bits per heavy atom. The van der Waals surface area contributed by atoms with Crippen molar-refractivity contribution in [2.75, 3.05) is 0 Å². The Morgan fingerprint density at radius 3 is 2.77 bits per heavy atom. The van der Waals surface area contributed by atoms with E-state index in [4.69, 9.17) is 5.11 Å². The molecule has 0 spiro atoms. The molecule has 2 nitrogen and oxygen atoms in total. The van der Waals surface area contributed by atoms with Gasteiger partial charge in [-0.25, -0.2) is 0 Å². The van der Waals surface area contributed by atoms with E-state index in [1.165, 1.54) is 6.92 Å². The maximum Gasteiger partial charge on any atom is 0.190 e. The van der Waals surface area contributed by atoms with Gasteiger partial charge in [0.15, 0.2) is 5.78 Å². The number of carbonyl (C=O) groups is 1. The number of aliphatic hydroxyl groups is 1. The molecule has 1 aromatic carbocycles. The normalized spacial score (nSPS) is 12.5. The molecule has 70 valence electrons. The van der Waals surface area contributed by atoms with E-state index >= 15 is 0 Å². The van der Waals surface area contributed by atoms with Gasteiger partial charge in [-0.15, -0.1) is 0 Å². The lowest BCUT2D eigenvalue weighted by atomic mass is 10.0. The van der Waals surface area contributed by atoms with Crippen LogP contribution in [0.4, 0.5) is 0 Å². The monoisotopic (exact) mass is 178 g/mol. The molecule has 13 heavy (non-hydrogen) atoms. The van der Waals surface area contributed by atoms with E-state index in [0.29, 0.717) is 5.56 Å². The smallest absolute Gasteiger partial charge is 0.190 e. The van der Waals surface area contributed by atoms with Crippen LogP contribution < -0.4 is 0 Å². The first kappa shape index (κ1) is 9.93. The van der Waals surface area contributed by atoms with E-state index in [9.17, 15) is 4.79 Å². The van der Waals surface area contributed by atoms with Crippen molar-refractivity contribution in [1.29, 1.82) is 0 Å². The highest BCUT2D eigenvalue weighted by molar-refractivity contribution is 5.99. The molecule has 0 fully saturated rings. The van der Waals surface area contributed by atoms with Crippen molar-refractivity contribution in [3.8, 4) is 0 Å². The molecule has 0 aliphatic rings. The summed E-state index contributed by atoms with van der Waals surface area (Å²) in [5, 5.41) is 9.09. The Kier molecular flexibility index (Phi) is 3.20. The first-order valence-corrected chi connectivity index (χ1v) is 4.46. The molecule has 0 saturated heterocycles. The molecular weight excluding hydrogens is 164 g/mol. The van der Waals surface area contributed by atoms with Crippen LogP contribution in [0, 0.1) is 0 Å². The Hall–Kier alpha value is -1.15. The Balaban J connectivity index is 2.95. The second-order valence-corrected chi connectivity index (χ2v) is 3.09. The van der Waals surface area contributed by atoms with Crippen LogP contribution in [-0.4, -0.2) is 17.0 Å². The predicted molar refractivity (Wildman–Crippen MR) is 51.8 cm³/mol. The van der Waals surface area contributed by atoms with E-state index < -0.39 is 6.10 Å². The van der Waals surface area contributed by atoms with Gasteiger partial charge >= 0.3 is 0 Å². The fourth-order valence-electron chi connectivity index (χ4n) is 1.19. The van der Waals surface area contributed by atoms with Crippen molar-refractivity contribution in [3.05, 3.63) is 35.4 Å². The third-order valence-corrected chi connectivity index (χ3v) is 2.00. The molecule has 1 aromatic rings. The summed E-state index contributed by atoms with van der Waals surface area (Å²) in [6, 6.07) is 7.37. The van der Waals surface area contributed by atoms with Crippen molar-refractivity contribution in [1.82, 2.24) is 0 Å². The molecule has 0 aromatic heterocycles. The van der Waals surface area contributed by atoms with Gasteiger partial charge in [0.1, 0.15) is 6.10 Å². The average Bonchev–Trinajstić information content (AvgIpc) is 2.16. The molecule has 0 amide bonds. The minimum absolute atomic E-state index is 0.213. The average molecular weight is 178 g/mol. The number of hydrogen-bond donors (Lipinski definition) is 1. The summed E-state index contributed by atoms with van der Waals surface area (Å²) >= 11 is 0. The molecule has 0 aliphatic heterocycles. The van der Waals surface area contributed by atoms with Gasteiger partial charge in [-0.3, -0.25) is 4.79 Å². The molecule has 0 heterocycles. The highest BCUT2D eigenvalue weighted by Crippen LogP contribution is 2.08. The highest BCUT2D eigenvalue weighted by Gasteiger charge is 2.11. The number of ketones is 1. The van der Waals surface area contributed by atoms with Gasteiger partial charge in [0, 0.05) is 5.56 Å². The molecule has 1 N–H and O–H groups in total. The zero-order chi connectivity index (χ0) is 9.84. The van der Waals surface area contributed by atoms with Crippen LogP contribution >= 0.6 is 0 Å². The van der Waals surface area contributed by atoms with E-state index in [2.05, 4.69) is 0 Å². The largest absolute Gasteiger partial charge is 0.385 e. The van der Waals surface area contributed by atoms with Crippen LogP contribution in [0.5, 0.6) is 0 Å². The van der Waals surface area contributed by atoms with Crippen LogP contribution in [0.1, 0.15) is 29.8 Å². The third kappa shape index (κ3) is 2.39. The lowest BCUT2D eigenvalue weighted by molar-refractivity contribution is 0.0779. The maximum absolute atomic E-state index is 11.4. The van der Waals surface area contributed by atoms with Crippen LogP contribution in [0.15, 0.2) is 24.3 Å². The molecule has 0 aliphatic carbocycles. The van der Waals surface area contributed by atoms with E-state index in [1.807, 2.05) is 25.1 Å². The van der Waals surface area contributed by atoms with Crippen molar-refractivity contribution in [3.63, 3.8) is 0 Å². The minimum Gasteiger partial charge on any atom is -0.385 e. The summed E-state index contributed by atoms with van der Waals surface area (Å²) < 4.78 is 0. The minimum atomic E-state index is -0.910. The number of aliphatic hydroxyl groups excluding tert-OH is 1. The number of rotatable bonds is 3. The van der Waals surface area contributed by atoms with Crippen molar-refractivity contribution >= 4 is 5.78 Å². The molecule has 1 atom stereocenters. The Morgan fingerprint density at radius 1 is 1.54 bits per heavy atom. The number of hydrogen-bond acceptors (Lipinski definition) is 2. The summed E-state index contributed by atoms with van der Waals surface area (Å²) in [4.78, 5) is 11.4. The number of benzene rings is 1. The summed E-state index contributed by atoms with van der Waals surface area (Å²) in [5.74, 6) is -0.213. The van der Waals surface area contributed by atoms with Crippen LogP contribution in [0.2, 0.25) is 0 Å². The number of aryl methyl sites for hydroxylation is 1. The van der Waals surface area contributed by atoms with E-state index in [1.54, 1.807) is 6.07 Å². The second-order valence-electron chi connectivity index (χ2n) is 3.09. The molecule has 0 radical (unpaired) electrons. The van der Waals surface area contributed by atoms with Gasteiger partial charge in [0.2, 0.25) is 0 Å². The quantitative estimate of drug-likeness (QED) is 0.717. The standard InChI is InChI=1S/C11H14O2/c1-3-9-5-4-6-10(7-9)11(13)8(2)12/h4-8,12H,3H2,1-2H3. The number of Topliss-reactive ketones (excluding diaryl/α,β-unsaturated/α-hetero) is 1. The molecule has 0 bridgehead atoms. The van der Waals surface area contributed by atoms with Crippen molar-refractivity contribution in [2.24, 2.45) is 0 Å². The fourth-order valence-corrected chi connectivity index (χ4v) is 1.19. The van der Waals surface area contributed by atoms with Crippen molar-refractivity contribution in [2.45, 2.75) is 26.4 Å². The Bertz CT molecular complexity index is 303. The molecular formula is C11H14O2. The van der Waals surface area contributed by atoms with Crippen LogP contribution in [0.3, 0.4) is 0 Å². The van der Waals surface area contributed by atoms with Gasteiger partial charge in [0.25, 0.3) is 0 Å². The third-order valence-electron chi connectivity index (χ3n) is 2.00. The first-order chi connectivity index (χ1) is 6.15. The molecule has 0 saturated carbocycles. The van der Waals surface area contributed by atoms with E-state index in [0.717, 1.165) is 12.0 Å². The highest BCUT2D eigenvalue weighted by atomic mass is 16.3. The van der Waals surface area contributed by atoms with Crippen LogP contribution in [0.25, 0.3) is 0 Å².